The van der Waals surface area contributed by atoms with E-state index in [2.05, 4.69) is 99.2 Å². The molecule has 144 valence electrons. The first-order chi connectivity index (χ1) is 13.8. The Morgan fingerprint density at radius 1 is 0.929 bits per heavy atom. The minimum absolute atomic E-state index is 0.385. The Morgan fingerprint density at radius 2 is 1.61 bits per heavy atom. The summed E-state index contributed by atoms with van der Waals surface area (Å²) in [5.41, 5.74) is 7.75. The van der Waals surface area contributed by atoms with E-state index in [1.807, 2.05) is 0 Å². The Hall–Kier alpha value is -2.41. The molecule has 1 heterocycles. The molecule has 3 aromatic rings. The summed E-state index contributed by atoms with van der Waals surface area (Å²) in [6.45, 7) is 6.82. The minimum atomic E-state index is -0.427. The molecule has 1 aromatic heterocycles. The molecule has 0 bridgehead atoms. The van der Waals surface area contributed by atoms with Crippen LogP contribution in [0.15, 0.2) is 66.9 Å². The zero-order chi connectivity index (χ0) is 20.6. The smallest absolute Gasteiger partial charge is 0.201 e. The molecule has 0 amide bonds. The first-order valence-electron chi connectivity index (χ1n) is 10.9. The van der Waals surface area contributed by atoms with E-state index in [0.717, 1.165) is 31.2 Å². The molecule has 0 saturated heterocycles. The fraction of sp³-hybridized carbons (Fsp3) is 0.370. The normalized spacial score (nSPS) is 18.5. The molecule has 1 heteroatoms. The average Bonchev–Trinajstić information content (AvgIpc) is 2.72. The molecular weight excluding hydrogens is 338 g/mol. The summed E-state index contributed by atoms with van der Waals surface area (Å²) in [6.07, 6.45) is 6.32. The van der Waals surface area contributed by atoms with E-state index >= 15 is 0 Å². The number of aromatic nitrogens is 1. The minimum Gasteiger partial charge on any atom is -0.201 e. The lowest BCUT2D eigenvalue weighted by Gasteiger charge is -2.34. The van der Waals surface area contributed by atoms with E-state index in [1.54, 1.807) is 0 Å². The maximum atomic E-state index is 9.01. The van der Waals surface area contributed by atoms with Gasteiger partial charge < -0.3 is 0 Å². The van der Waals surface area contributed by atoms with Gasteiger partial charge in [0.25, 0.3) is 0 Å². The largest absolute Gasteiger partial charge is 0.213 e. The second-order valence-corrected chi connectivity index (χ2v) is 9.07. The second kappa shape index (κ2) is 7.54. The van der Waals surface area contributed by atoms with Crippen LogP contribution < -0.4 is 4.57 Å². The highest BCUT2D eigenvalue weighted by Gasteiger charge is 2.27. The quantitative estimate of drug-likeness (QED) is 0.444. The van der Waals surface area contributed by atoms with Crippen molar-refractivity contribution in [2.45, 2.75) is 52.3 Å². The van der Waals surface area contributed by atoms with E-state index < -0.39 is 5.89 Å². The molecule has 1 aliphatic rings. The highest BCUT2D eigenvalue weighted by molar-refractivity contribution is 5.70. The maximum absolute atomic E-state index is 9.01. The van der Waals surface area contributed by atoms with Gasteiger partial charge in [0, 0.05) is 19.1 Å². The molecule has 0 radical (unpaired) electrons. The first-order valence-corrected chi connectivity index (χ1v) is 10.4. The third kappa shape index (κ3) is 3.90. The predicted molar refractivity (Wildman–Crippen MR) is 118 cm³/mol. The second-order valence-electron chi connectivity index (χ2n) is 9.07. The highest BCUT2D eigenvalue weighted by atomic mass is 14.9. The van der Waals surface area contributed by atoms with Gasteiger partial charge in [-0.15, -0.1) is 0 Å². The Bertz CT molecular complexity index is 1010. The highest BCUT2D eigenvalue weighted by Crippen LogP contribution is 2.42. The van der Waals surface area contributed by atoms with E-state index in [-0.39, 0.29) is 0 Å². The molecule has 1 fully saturated rings. The molecule has 0 atom stereocenters. The molecule has 2 aromatic carbocycles. The van der Waals surface area contributed by atoms with Crippen molar-refractivity contribution in [2.24, 2.45) is 12.5 Å². The summed E-state index contributed by atoms with van der Waals surface area (Å²) >= 11 is 0. The van der Waals surface area contributed by atoms with Crippen molar-refractivity contribution in [1.29, 1.82) is 0 Å². The number of benzene rings is 2. The molecule has 0 unspecified atom stereocenters. The summed E-state index contributed by atoms with van der Waals surface area (Å²) in [5, 5.41) is 0. The SMILES string of the molecule is [2H]C1(c2ccc(-c3cc[n+](C)c(-c4ccccc4C)c3)cc2)CCC(C)(C)CC1. The van der Waals surface area contributed by atoms with Crippen LogP contribution in [0, 0.1) is 12.3 Å². The van der Waals surface area contributed by atoms with Crippen molar-refractivity contribution < 1.29 is 5.94 Å². The van der Waals surface area contributed by atoms with Gasteiger partial charge in [0.2, 0.25) is 5.69 Å². The van der Waals surface area contributed by atoms with Gasteiger partial charge in [0.1, 0.15) is 7.05 Å². The molecular formula is C27H32N+. The van der Waals surface area contributed by atoms with Crippen LogP contribution in [-0.2, 0) is 7.05 Å². The van der Waals surface area contributed by atoms with Crippen molar-refractivity contribution in [3.63, 3.8) is 0 Å². The molecule has 0 aliphatic heterocycles. The van der Waals surface area contributed by atoms with Crippen molar-refractivity contribution in [1.82, 2.24) is 0 Å². The molecule has 28 heavy (non-hydrogen) atoms. The van der Waals surface area contributed by atoms with Gasteiger partial charge >= 0.3 is 0 Å². The van der Waals surface area contributed by atoms with Crippen LogP contribution >= 0.6 is 0 Å². The van der Waals surface area contributed by atoms with Crippen molar-refractivity contribution in [2.75, 3.05) is 0 Å². The summed E-state index contributed by atoms with van der Waals surface area (Å²) in [5.74, 6) is -0.427. The molecule has 0 N–H and O–H groups in total. The lowest BCUT2D eigenvalue weighted by Crippen LogP contribution is -2.30. The van der Waals surface area contributed by atoms with Gasteiger partial charge in [0.05, 0.1) is 0 Å². The fourth-order valence-corrected chi connectivity index (χ4v) is 4.29. The van der Waals surface area contributed by atoms with Crippen LogP contribution in [0.4, 0.5) is 0 Å². The first kappa shape index (κ1) is 17.7. The third-order valence-corrected chi connectivity index (χ3v) is 6.40. The van der Waals surface area contributed by atoms with Crippen LogP contribution in [0.5, 0.6) is 0 Å². The van der Waals surface area contributed by atoms with E-state index in [1.165, 1.54) is 27.9 Å². The van der Waals surface area contributed by atoms with E-state index in [0.29, 0.717) is 5.41 Å². The summed E-state index contributed by atoms with van der Waals surface area (Å²) in [6, 6.07) is 21.7. The van der Waals surface area contributed by atoms with E-state index in [9.17, 15) is 0 Å². The summed E-state index contributed by atoms with van der Waals surface area (Å²) in [4.78, 5) is 0. The molecule has 1 saturated carbocycles. The Balaban J connectivity index is 1.63. The van der Waals surface area contributed by atoms with Gasteiger partial charge in [-0.25, -0.2) is 4.57 Å². The van der Waals surface area contributed by atoms with Crippen LogP contribution in [0.1, 0.15) is 57.9 Å². The molecule has 0 spiro atoms. The molecule has 1 aliphatic carbocycles. The van der Waals surface area contributed by atoms with Gasteiger partial charge in [-0.1, -0.05) is 56.3 Å². The Morgan fingerprint density at radius 3 is 2.29 bits per heavy atom. The zero-order valence-corrected chi connectivity index (χ0v) is 17.6. The number of hydrogen-bond donors (Lipinski definition) is 0. The number of nitrogens with zero attached hydrogens (tertiary/aromatic N) is 1. The Labute approximate surface area is 171 Å². The number of pyridine rings is 1. The van der Waals surface area contributed by atoms with Crippen molar-refractivity contribution >= 4 is 0 Å². The van der Waals surface area contributed by atoms with Crippen LogP contribution in [0.2, 0.25) is 0 Å². The van der Waals surface area contributed by atoms with Gasteiger partial charge in [-0.2, -0.15) is 0 Å². The summed E-state index contributed by atoms with van der Waals surface area (Å²) < 4.78 is 11.2. The summed E-state index contributed by atoms with van der Waals surface area (Å²) in [7, 11) is 2.10. The van der Waals surface area contributed by atoms with E-state index in [4.69, 9.17) is 1.37 Å². The maximum Gasteiger partial charge on any atom is 0.213 e. The monoisotopic (exact) mass is 371 g/mol. The predicted octanol–water partition coefficient (Wildman–Crippen LogP) is 6.84. The van der Waals surface area contributed by atoms with Gasteiger partial charge in [-0.05, 0) is 72.2 Å². The fourth-order valence-electron chi connectivity index (χ4n) is 4.29. The number of aryl methyl sites for hydroxylation is 2. The van der Waals surface area contributed by atoms with Crippen molar-refractivity contribution in [3.8, 4) is 22.4 Å². The van der Waals surface area contributed by atoms with Gasteiger partial charge in [-0.3, -0.25) is 0 Å². The molecule has 4 rings (SSSR count). The lowest BCUT2D eigenvalue weighted by molar-refractivity contribution is -0.660. The zero-order valence-electron chi connectivity index (χ0n) is 18.6. The number of hydrogen-bond acceptors (Lipinski definition) is 0. The average molecular weight is 372 g/mol. The molecule has 1 nitrogen and oxygen atoms in total. The van der Waals surface area contributed by atoms with Crippen LogP contribution in [-0.4, -0.2) is 0 Å². The topological polar surface area (TPSA) is 3.88 Å². The number of rotatable bonds is 3. The Kier molecular flexibility index (Phi) is 4.76. The van der Waals surface area contributed by atoms with Crippen molar-refractivity contribution in [3.05, 3.63) is 78.0 Å². The standard InChI is InChI=1S/C27H32N/c1-20-7-5-6-8-25(20)26-19-24(15-18-28(26)4)22-11-9-21(10-12-22)23-13-16-27(2,3)17-14-23/h5-12,15,18-19,23H,13-14,16-17H2,1-4H3/q+1/i23D. The van der Waals surface area contributed by atoms with Crippen LogP contribution in [0.25, 0.3) is 22.4 Å². The third-order valence-electron chi connectivity index (χ3n) is 6.40. The lowest BCUT2D eigenvalue weighted by atomic mass is 9.71. The van der Waals surface area contributed by atoms with Gasteiger partial charge in [0.15, 0.2) is 6.20 Å². The van der Waals surface area contributed by atoms with Crippen LogP contribution in [0.3, 0.4) is 0 Å².